The molecule has 0 unspecified atom stereocenters. The quantitative estimate of drug-likeness (QED) is 0.879. The molecule has 0 aliphatic heterocycles. The van der Waals surface area contributed by atoms with Crippen molar-refractivity contribution in [3.05, 3.63) is 53.6 Å². The molecule has 0 fully saturated rings. The smallest absolute Gasteiger partial charge is 0.339 e. The summed E-state index contributed by atoms with van der Waals surface area (Å²) < 4.78 is 5.40. The molecule has 0 saturated heterocycles. The lowest BCUT2D eigenvalue weighted by Gasteiger charge is -2.09. The highest BCUT2D eigenvalue weighted by molar-refractivity contribution is 5.90. The van der Waals surface area contributed by atoms with Crippen LogP contribution >= 0.6 is 0 Å². The van der Waals surface area contributed by atoms with Crippen LogP contribution in [0.4, 0.5) is 0 Å². The minimum absolute atomic E-state index is 0.0198. The molecule has 0 aromatic heterocycles. The van der Waals surface area contributed by atoms with Gasteiger partial charge in [-0.3, -0.25) is 0 Å². The second-order valence-electron chi connectivity index (χ2n) is 3.69. The summed E-state index contributed by atoms with van der Waals surface area (Å²) in [7, 11) is 0. The summed E-state index contributed by atoms with van der Waals surface area (Å²) in [5, 5.41) is 27.2. The number of nitriles is 1. The monoisotopic (exact) mass is 255 g/mol. The summed E-state index contributed by atoms with van der Waals surface area (Å²) in [6, 6.07) is 12.1. The van der Waals surface area contributed by atoms with Crippen LogP contribution in [0.3, 0.4) is 0 Å². The Balaban J connectivity index is 2.34. The molecule has 19 heavy (non-hydrogen) atoms. The van der Waals surface area contributed by atoms with E-state index in [4.69, 9.17) is 15.1 Å². The van der Waals surface area contributed by atoms with Gasteiger partial charge in [-0.25, -0.2) is 4.79 Å². The van der Waals surface area contributed by atoms with E-state index < -0.39 is 5.97 Å². The fourth-order valence-corrected chi connectivity index (χ4v) is 1.53. The first-order valence-corrected chi connectivity index (χ1v) is 5.35. The number of hydrogen-bond acceptors (Lipinski definition) is 4. The number of carboxylic acid groups (broad SMARTS) is 1. The molecule has 0 saturated carbocycles. The van der Waals surface area contributed by atoms with Gasteiger partial charge in [0.15, 0.2) is 0 Å². The van der Waals surface area contributed by atoms with Crippen molar-refractivity contribution < 1.29 is 19.7 Å². The van der Waals surface area contributed by atoms with E-state index in [0.717, 1.165) is 0 Å². The maximum absolute atomic E-state index is 11.0. The van der Waals surface area contributed by atoms with E-state index in [0.29, 0.717) is 0 Å². The molecule has 0 atom stereocenters. The van der Waals surface area contributed by atoms with Gasteiger partial charge in [0.25, 0.3) is 0 Å². The van der Waals surface area contributed by atoms with Gasteiger partial charge in [-0.15, -0.1) is 0 Å². The van der Waals surface area contributed by atoms with Crippen molar-refractivity contribution in [1.29, 1.82) is 5.26 Å². The fraction of sp³-hybridized carbons (Fsp3) is 0. The summed E-state index contributed by atoms with van der Waals surface area (Å²) in [6.07, 6.45) is 0. The van der Waals surface area contributed by atoms with Crippen LogP contribution in [0, 0.1) is 11.3 Å². The van der Waals surface area contributed by atoms with Gasteiger partial charge in [-0.05, 0) is 24.3 Å². The van der Waals surface area contributed by atoms with Crippen LogP contribution in [0.2, 0.25) is 0 Å². The average Bonchev–Trinajstić information content (AvgIpc) is 2.39. The van der Waals surface area contributed by atoms with E-state index in [-0.39, 0.29) is 28.4 Å². The van der Waals surface area contributed by atoms with Crippen LogP contribution in [0.1, 0.15) is 15.9 Å². The van der Waals surface area contributed by atoms with Crippen molar-refractivity contribution in [3.8, 4) is 23.3 Å². The number of carboxylic acids is 1. The number of phenols is 1. The average molecular weight is 255 g/mol. The number of ether oxygens (including phenoxy) is 1. The highest BCUT2D eigenvalue weighted by Gasteiger charge is 2.11. The molecule has 0 spiro atoms. The van der Waals surface area contributed by atoms with E-state index in [1.165, 1.54) is 30.3 Å². The standard InChI is InChI=1S/C14H9NO4/c15-8-9-5-6-10(7-12(9)16)19-13-4-2-1-3-11(13)14(17)18/h1-7,16H,(H,17,18). The molecule has 2 aromatic rings. The molecule has 2 rings (SSSR count). The van der Waals surface area contributed by atoms with Crippen LogP contribution in [-0.4, -0.2) is 16.2 Å². The zero-order chi connectivity index (χ0) is 13.8. The second-order valence-corrected chi connectivity index (χ2v) is 3.69. The van der Waals surface area contributed by atoms with Crippen LogP contribution in [0.5, 0.6) is 17.2 Å². The first kappa shape index (κ1) is 12.5. The number of benzene rings is 2. The Morgan fingerprint density at radius 2 is 1.95 bits per heavy atom. The predicted octanol–water partition coefficient (Wildman–Crippen LogP) is 2.75. The van der Waals surface area contributed by atoms with E-state index >= 15 is 0 Å². The number of aromatic hydroxyl groups is 1. The predicted molar refractivity (Wildman–Crippen MR) is 66.3 cm³/mol. The minimum Gasteiger partial charge on any atom is -0.506 e. The number of para-hydroxylation sites is 1. The minimum atomic E-state index is -1.10. The summed E-state index contributed by atoms with van der Waals surface area (Å²) in [5.74, 6) is -0.898. The fourth-order valence-electron chi connectivity index (χ4n) is 1.53. The Kier molecular flexibility index (Phi) is 3.35. The SMILES string of the molecule is N#Cc1ccc(Oc2ccccc2C(=O)O)cc1O. The van der Waals surface area contributed by atoms with Crippen molar-refractivity contribution in [3.63, 3.8) is 0 Å². The van der Waals surface area contributed by atoms with Crippen molar-refractivity contribution in [2.24, 2.45) is 0 Å². The molecule has 0 bridgehead atoms. The zero-order valence-electron chi connectivity index (χ0n) is 9.70. The maximum atomic E-state index is 11.0. The third kappa shape index (κ3) is 2.64. The Hall–Kier alpha value is -3.00. The number of phenolic OH excluding ortho intramolecular Hbond substituents is 1. The summed E-state index contributed by atoms with van der Waals surface area (Å²) in [6.45, 7) is 0. The molecule has 0 radical (unpaired) electrons. The van der Waals surface area contributed by atoms with E-state index in [9.17, 15) is 9.90 Å². The van der Waals surface area contributed by atoms with Gasteiger partial charge in [-0.1, -0.05) is 12.1 Å². The van der Waals surface area contributed by atoms with Gasteiger partial charge >= 0.3 is 5.97 Å². The molecular formula is C14H9NO4. The van der Waals surface area contributed by atoms with Gasteiger partial charge in [-0.2, -0.15) is 5.26 Å². The van der Waals surface area contributed by atoms with Crippen LogP contribution in [-0.2, 0) is 0 Å². The first-order chi connectivity index (χ1) is 9.11. The van der Waals surface area contributed by atoms with Gasteiger partial charge in [0.05, 0.1) is 5.56 Å². The van der Waals surface area contributed by atoms with Gasteiger partial charge < -0.3 is 14.9 Å². The number of rotatable bonds is 3. The van der Waals surface area contributed by atoms with Crippen molar-refractivity contribution in [1.82, 2.24) is 0 Å². The molecule has 94 valence electrons. The Bertz CT molecular complexity index is 673. The van der Waals surface area contributed by atoms with Crippen molar-refractivity contribution >= 4 is 5.97 Å². The number of hydrogen-bond donors (Lipinski definition) is 2. The van der Waals surface area contributed by atoms with E-state index in [1.807, 2.05) is 6.07 Å². The lowest BCUT2D eigenvalue weighted by atomic mass is 10.2. The maximum Gasteiger partial charge on any atom is 0.339 e. The molecule has 0 aliphatic rings. The lowest BCUT2D eigenvalue weighted by Crippen LogP contribution is -1.99. The van der Waals surface area contributed by atoms with Gasteiger partial charge in [0, 0.05) is 6.07 Å². The first-order valence-electron chi connectivity index (χ1n) is 5.35. The van der Waals surface area contributed by atoms with Crippen LogP contribution in [0.25, 0.3) is 0 Å². The molecule has 0 aliphatic carbocycles. The molecular weight excluding hydrogens is 246 g/mol. The summed E-state index contributed by atoms with van der Waals surface area (Å²) >= 11 is 0. The number of aromatic carboxylic acids is 1. The summed E-state index contributed by atoms with van der Waals surface area (Å²) in [4.78, 5) is 11.0. The third-order valence-electron chi connectivity index (χ3n) is 2.43. The van der Waals surface area contributed by atoms with Crippen LogP contribution in [0.15, 0.2) is 42.5 Å². The zero-order valence-corrected chi connectivity index (χ0v) is 9.70. The van der Waals surface area contributed by atoms with E-state index in [2.05, 4.69) is 0 Å². The molecule has 2 aromatic carbocycles. The van der Waals surface area contributed by atoms with Gasteiger partial charge in [0.2, 0.25) is 0 Å². The third-order valence-corrected chi connectivity index (χ3v) is 2.43. The molecule has 0 heterocycles. The van der Waals surface area contributed by atoms with E-state index in [1.54, 1.807) is 12.1 Å². The Labute approximate surface area is 108 Å². The van der Waals surface area contributed by atoms with Crippen molar-refractivity contribution in [2.45, 2.75) is 0 Å². The largest absolute Gasteiger partial charge is 0.506 e. The van der Waals surface area contributed by atoms with Crippen molar-refractivity contribution in [2.75, 3.05) is 0 Å². The van der Waals surface area contributed by atoms with Crippen LogP contribution < -0.4 is 4.74 Å². The Morgan fingerprint density at radius 3 is 2.58 bits per heavy atom. The highest BCUT2D eigenvalue weighted by atomic mass is 16.5. The number of carbonyl (C=O) groups is 1. The Morgan fingerprint density at radius 1 is 1.21 bits per heavy atom. The van der Waals surface area contributed by atoms with Gasteiger partial charge in [0.1, 0.15) is 28.9 Å². The molecule has 0 amide bonds. The molecule has 5 nitrogen and oxygen atoms in total. The lowest BCUT2D eigenvalue weighted by molar-refractivity contribution is 0.0694. The molecule has 2 N–H and O–H groups in total. The normalized spacial score (nSPS) is 9.63. The number of nitrogens with zero attached hydrogens (tertiary/aromatic N) is 1. The summed E-state index contributed by atoms with van der Waals surface area (Å²) in [5.41, 5.74) is 0.144. The second kappa shape index (κ2) is 5.10. The molecule has 5 heteroatoms. The highest BCUT2D eigenvalue weighted by Crippen LogP contribution is 2.29. The topological polar surface area (TPSA) is 90.5 Å².